The minimum atomic E-state index is -0.196. The number of carbonyl (C=O) groups is 1. The molecule has 0 spiro atoms. The standard InChI is InChI=1S/C11H16O/c1-3-10-5-7-11(4-2,9-12)8-6-10/h5-7,9H,3-4,8H2,1-2H3. The Labute approximate surface area is 74.2 Å². The van der Waals surface area contributed by atoms with E-state index in [0.29, 0.717) is 0 Å². The number of rotatable bonds is 3. The van der Waals surface area contributed by atoms with Crippen LogP contribution >= 0.6 is 0 Å². The predicted octanol–water partition coefficient (Wildman–Crippen LogP) is 2.88. The molecule has 0 aliphatic heterocycles. The van der Waals surface area contributed by atoms with Gasteiger partial charge in [-0.2, -0.15) is 0 Å². The molecule has 1 nitrogen and oxygen atoms in total. The van der Waals surface area contributed by atoms with Crippen molar-refractivity contribution < 1.29 is 4.79 Å². The fourth-order valence-electron chi connectivity index (χ4n) is 1.43. The van der Waals surface area contributed by atoms with Crippen LogP contribution in [0.15, 0.2) is 23.8 Å². The SMILES string of the molecule is CCC1=CCC(C=O)(CC)C=C1. The van der Waals surface area contributed by atoms with Gasteiger partial charge in [-0.1, -0.05) is 37.6 Å². The summed E-state index contributed by atoms with van der Waals surface area (Å²) in [5, 5.41) is 0. The van der Waals surface area contributed by atoms with Crippen LogP contribution in [-0.4, -0.2) is 6.29 Å². The summed E-state index contributed by atoms with van der Waals surface area (Å²) >= 11 is 0. The molecule has 0 radical (unpaired) electrons. The van der Waals surface area contributed by atoms with Crippen LogP contribution in [0.2, 0.25) is 0 Å². The summed E-state index contributed by atoms with van der Waals surface area (Å²) < 4.78 is 0. The van der Waals surface area contributed by atoms with E-state index in [0.717, 1.165) is 25.5 Å². The molecule has 1 atom stereocenters. The smallest absolute Gasteiger partial charge is 0.130 e. The number of allylic oxidation sites excluding steroid dienone is 4. The Balaban J connectivity index is 2.74. The average Bonchev–Trinajstić information content (AvgIpc) is 2.18. The van der Waals surface area contributed by atoms with Crippen LogP contribution < -0.4 is 0 Å². The van der Waals surface area contributed by atoms with Gasteiger partial charge in [-0.15, -0.1) is 0 Å². The third-order valence-electron chi connectivity index (χ3n) is 2.67. The summed E-state index contributed by atoms with van der Waals surface area (Å²) in [6, 6.07) is 0. The lowest BCUT2D eigenvalue weighted by molar-refractivity contribution is -0.114. The molecule has 1 rings (SSSR count). The number of carbonyl (C=O) groups excluding carboxylic acids is 1. The number of aldehydes is 1. The second-order valence-electron chi connectivity index (χ2n) is 3.37. The van der Waals surface area contributed by atoms with E-state index in [1.807, 2.05) is 0 Å². The van der Waals surface area contributed by atoms with Crippen molar-refractivity contribution in [2.24, 2.45) is 5.41 Å². The summed E-state index contributed by atoms with van der Waals surface area (Å²) in [5.74, 6) is 0. The van der Waals surface area contributed by atoms with Crippen LogP contribution in [0.1, 0.15) is 33.1 Å². The lowest BCUT2D eigenvalue weighted by atomic mass is 9.79. The maximum atomic E-state index is 10.8. The molecule has 0 aromatic rings. The largest absolute Gasteiger partial charge is 0.302 e. The van der Waals surface area contributed by atoms with Crippen LogP contribution in [0.3, 0.4) is 0 Å². The molecule has 0 aromatic carbocycles. The number of hydrogen-bond donors (Lipinski definition) is 0. The highest BCUT2D eigenvalue weighted by molar-refractivity contribution is 5.64. The molecule has 0 N–H and O–H groups in total. The van der Waals surface area contributed by atoms with Crippen molar-refractivity contribution in [2.75, 3.05) is 0 Å². The van der Waals surface area contributed by atoms with Crippen molar-refractivity contribution in [2.45, 2.75) is 33.1 Å². The van der Waals surface area contributed by atoms with E-state index >= 15 is 0 Å². The van der Waals surface area contributed by atoms with Crippen molar-refractivity contribution in [3.63, 3.8) is 0 Å². The number of hydrogen-bond acceptors (Lipinski definition) is 1. The zero-order chi connectivity index (χ0) is 9.03. The summed E-state index contributed by atoms with van der Waals surface area (Å²) in [4.78, 5) is 10.8. The lowest BCUT2D eigenvalue weighted by Crippen LogP contribution is -2.19. The molecule has 0 saturated heterocycles. The molecular formula is C11H16O. The first-order valence-corrected chi connectivity index (χ1v) is 4.61. The maximum absolute atomic E-state index is 10.8. The van der Waals surface area contributed by atoms with Gasteiger partial charge in [-0.05, 0) is 19.3 Å². The fraction of sp³-hybridized carbons (Fsp3) is 0.545. The van der Waals surface area contributed by atoms with Gasteiger partial charge in [-0.25, -0.2) is 0 Å². The van der Waals surface area contributed by atoms with Crippen molar-refractivity contribution in [1.82, 2.24) is 0 Å². The minimum absolute atomic E-state index is 0.196. The quantitative estimate of drug-likeness (QED) is 0.586. The monoisotopic (exact) mass is 164 g/mol. The van der Waals surface area contributed by atoms with E-state index in [9.17, 15) is 4.79 Å². The molecule has 0 bridgehead atoms. The maximum Gasteiger partial charge on any atom is 0.130 e. The first kappa shape index (κ1) is 9.24. The molecule has 0 saturated carbocycles. The summed E-state index contributed by atoms with van der Waals surface area (Å²) in [6.07, 6.45) is 10.2. The average molecular weight is 164 g/mol. The van der Waals surface area contributed by atoms with E-state index in [1.54, 1.807) is 0 Å². The van der Waals surface area contributed by atoms with Crippen LogP contribution in [0.5, 0.6) is 0 Å². The molecule has 66 valence electrons. The van der Waals surface area contributed by atoms with Crippen molar-refractivity contribution in [1.29, 1.82) is 0 Å². The second kappa shape index (κ2) is 3.70. The van der Waals surface area contributed by atoms with Gasteiger partial charge in [0.15, 0.2) is 0 Å². The van der Waals surface area contributed by atoms with Gasteiger partial charge in [0.1, 0.15) is 6.29 Å². The Morgan fingerprint density at radius 3 is 2.67 bits per heavy atom. The van der Waals surface area contributed by atoms with Crippen LogP contribution in [0.25, 0.3) is 0 Å². The molecule has 1 aliphatic carbocycles. The van der Waals surface area contributed by atoms with Crippen LogP contribution in [0.4, 0.5) is 0 Å². The van der Waals surface area contributed by atoms with Gasteiger partial charge in [0.25, 0.3) is 0 Å². The topological polar surface area (TPSA) is 17.1 Å². The first-order valence-electron chi connectivity index (χ1n) is 4.61. The third-order valence-corrected chi connectivity index (χ3v) is 2.67. The van der Waals surface area contributed by atoms with Crippen molar-refractivity contribution >= 4 is 6.29 Å². The first-order chi connectivity index (χ1) is 5.76. The molecule has 1 unspecified atom stereocenters. The van der Waals surface area contributed by atoms with Crippen molar-refractivity contribution in [3.8, 4) is 0 Å². The molecule has 1 heteroatoms. The van der Waals surface area contributed by atoms with E-state index in [4.69, 9.17) is 0 Å². The molecule has 0 amide bonds. The summed E-state index contributed by atoms with van der Waals surface area (Å²) in [5.41, 5.74) is 1.15. The van der Waals surface area contributed by atoms with E-state index < -0.39 is 0 Å². The zero-order valence-electron chi connectivity index (χ0n) is 7.84. The minimum Gasteiger partial charge on any atom is -0.302 e. The van der Waals surface area contributed by atoms with Crippen molar-refractivity contribution in [3.05, 3.63) is 23.8 Å². The Hall–Kier alpha value is -0.850. The predicted molar refractivity (Wildman–Crippen MR) is 50.9 cm³/mol. The highest BCUT2D eigenvalue weighted by atomic mass is 16.1. The molecule has 0 heterocycles. The van der Waals surface area contributed by atoms with Gasteiger partial charge in [0, 0.05) is 5.41 Å². The van der Waals surface area contributed by atoms with Gasteiger partial charge in [-0.3, -0.25) is 0 Å². The highest BCUT2D eigenvalue weighted by Gasteiger charge is 2.24. The zero-order valence-corrected chi connectivity index (χ0v) is 7.84. The van der Waals surface area contributed by atoms with E-state index in [2.05, 4.69) is 32.1 Å². The Morgan fingerprint density at radius 2 is 2.33 bits per heavy atom. The van der Waals surface area contributed by atoms with Gasteiger partial charge >= 0.3 is 0 Å². The van der Waals surface area contributed by atoms with E-state index in [-0.39, 0.29) is 5.41 Å². The highest BCUT2D eigenvalue weighted by Crippen LogP contribution is 2.31. The Bertz CT molecular complexity index is 225. The summed E-state index contributed by atoms with van der Waals surface area (Å²) in [7, 11) is 0. The Kier molecular flexibility index (Phi) is 2.85. The summed E-state index contributed by atoms with van der Waals surface area (Å²) in [6.45, 7) is 4.19. The lowest BCUT2D eigenvalue weighted by Gasteiger charge is -2.24. The molecule has 0 aromatic heterocycles. The molecule has 0 fully saturated rings. The van der Waals surface area contributed by atoms with Crippen LogP contribution in [0, 0.1) is 5.41 Å². The van der Waals surface area contributed by atoms with Crippen LogP contribution in [-0.2, 0) is 4.79 Å². The van der Waals surface area contributed by atoms with Gasteiger partial charge in [0.05, 0.1) is 0 Å². The molecular weight excluding hydrogens is 148 g/mol. The molecule has 12 heavy (non-hydrogen) atoms. The van der Waals surface area contributed by atoms with E-state index in [1.165, 1.54) is 5.57 Å². The Morgan fingerprint density at radius 1 is 1.58 bits per heavy atom. The third kappa shape index (κ3) is 1.66. The second-order valence-corrected chi connectivity index (χ2v) is 3.37. The van der Waals surface area contributed by atoms with Gasteiger partial charge < -0.3 is 4.79 Å². The fourth-order valence-corrected chi connectivity index (χ4v) is 1.43. The molecule has 1 aliphatic rings. The normalized spacial score (nSPS) is 28.3. The van der Waals surface area contributed by atoms with Gasteiger partial charge in [0.2, 0.25) is 0 Å².